The molecule has 1 atom stereocenters. The molecule has 2 fully saturated rings. The molecule has 0 spiro atoms. The molecule has 1 aromatic rings. The molecular weight excluding hydrogens is 397 g/mol. The van der Waals surface area contributed by atoms with Gasteiger partial charge >= 0.3 is 0 Å². The standard InChI is InChI=1S/C20H30FN3O6/c1-14(9-25)22-18(26)16-3-4-17(24-7-15(8-24)27-2)19(23-16)30-13-20(11-29-12-20)10-28-6-5-21/h3-4,14-15,25H,5-13H2,1-2H3,(H,22,26)/t14-/m0/s1/i5D2. The minimum absolute atomic E-state index is 0.0649. The Labute approximate surface area is 178 Å². The molecule has 0 bridgehead atoms. The summed E-state index contributed by atoms with van der Waals surface area (Å²) in [7, 11) is 1.65. The molecule has 2 aliphatic heterocycles. The van der Waals surface area contributed by atoms with Crippen LogP contribution < -0.4 is 15.0 Å². The van der Waals surface area contributed by atoms with Gasteiger partial charge in [0, 0.05) is 26.2 Å². The lowest BCUT2D eigenvalue weighted by atomic mass is 9.88. The van der Waals surface area contributed by atoms with E-state index in [0.717, 1.165) is 0 Å². The summed E-state index contributed by atoms with van der Waals surface area (Å²) in [6.45, 7) is 0.0515. The van der Waals surface area contributed by atoms with E-state index in [2.05, 4.69) is 10.3 Å². The normalized spacial score (nSPS) is 20.5. The van der Waals surface area contributed by atoms with Crippen LogP contribution in [0, 0.1) is 5.41 Å². The number of anilines is 1. The molecule has 0 radical (unpaired) electrons. The van der Waals surface area contributed by atoms with Crippen molar-refractivity contribution in [2.24, 2.45) is 5.41 Å². The van der Waals surface area contributed by atoms with Crippen molar-refractivity contribution < 1.29 is 36.0 Å². The van der Waals surface area contributed by atoms with Crippen LogP contribution in [0.3, 0.4) is 0 Å². The summed E-state index contributed by atoms with van der Waals surface area (Å²) in [6.07, 6.45) is 0.103. The molecule has 0 saturated carbocycles. The number of ether oxygens (including phenoxy) is 4. The van der Waals surface area contributed by atoms with Crippen molar-refractivity contribution in [1.29, 1.82) is 0 Å². The minimum Gasteiger partial charge on any atom is -0.475 e. The third-order valence-electron chi connectivity index (χ3n) is 5.14. The number of nitrogens with one attached hydrogen (secondary N) is 1. The Balaban J connectivity index is 1.71. The number of carbonyl (C=O) groups excluding carboxylic acids is 1. The largest absolute Gasteiger partial charge is 0.475 e. The molecule has 3 rings (SSSR count). The highest BCUT2D eigenvalue weighted by molar-refractivity contribution is 5.93. The van der Waals surface area contributed by atoms with E-state index in [1.165, 1.54) is 0 Å². The molecule has 0 aromatic carbocycles. The summed E-state index contributed by atoms with van der Waals surface area (Å²) in [5, 5.41) is 11.8. The van der Waals surface area contributed by atoms with Crippen LogP contribution in [0.5, 0.6) is 5.88 Å². The van der Waals surface area contributed by atoms with Crippen molar-refractivity contribution in [1.82, 2.24) is 10.3 Å². The molecule has 10 heteroatoms. The average Bonchev–Trinajstić information content (AvgIpc) is 2.68. The number of hydrogen-bond donors (Lipinski definition) is 2. The van der Waals surface area contributed by atoms with Crippen molar-refractivity contribution in [3.63, 3.8) is 0 Å². The highest BCUT2D eigenvalue weighted by Crippen LogP contribution is 2.34. The van der Waals surface area contributed by atoms with Gasteiger partial charge in [0.2, 0.25) is 5.88 Å². The Hall–Kier alpha value is -2.01. The molecular formula is C20H30FN3O6. The fraction of sp³-hybridized carbons (Fsp3) is 0.700. The molecule has 2 N–H and O–H groups in total. The number of rotatable bonds is 12. The fourth-order valence-corrected chi connectivity index (χ4v) is 3.16. The van der Waals surface area contributed by atoms with Crippen LogP contribution in [0.4, 0.5) is 10.1 Å². The summed E-state index contributed by atoms with van der Waals surface area (Å²) >= 11 is 0. The predicted octanol–water partition coefficient (Wildman–Crippen LogP) is 0.409. The van der Waals surface area contributed by atoms with Crippen LogP contribution in [-0.4, -0.2) is 94.6 Å². The summed E-state index contributed by atoms with van der Waals surface area (Å²) in [5.41, 5.74) is 0.299. The Bertz CT molecular complexity index is 787. The van der Waals surface area contributed by atoms with Crippen LogP contribution >= 0.6 is 0 Å². The maximum absolute atomic E-state index is 13.1. The average molecular weight is 429 g/mol. The van der Waals surface area contributed by atoms with Gasteiger partial charge in [-0.1, -0.05) is 0 Å². The minimum atomic E-state index is -2.91. The van der Waals surface area contributed by atoms with Gasteiger partial charge in [-0.05, 0) is 19.1 Å². The number of aliphatic hydroxyl groups excluding tert-OH is 1. The fourth-order valence-electron chi connectivity index (χ4n) is 3.16. The van der Waals surface area contributed by atoms with Gasteiger partial charge in [0.05, 0.1) is 47.3 Å². The lowest BCUT2D eigenvalue weighted by Crippen LogP contribution is -2.52. The van der Waals surface area contributed by atoms with Gasteiger partial charge in [0.15, 0.2) is 0 Å². The van der Waals surface area contributed by atoms with Crippen molar-refractivity contribution in [3.05, 3.63) is 17.8 Å². The van der Waals surface area contributed by atoms with E-state index in [-0.39, 0.29) is 37.5 Å². The van der Waals surface area contributed by atoms with Gasteiger partial charge in [-0.15, -0.1) is 0 Å². The molecule has 1 aromatic heterocycles. The molecule has 2 aliphatic rings. The predicted molar refractivity (Wildman–Crippen MR) is 107 cm³/mol. The maximum Gasteiger partial charge on any atom is 0.270 e. The second-order valence-electron chi connectivity index (χ2n) is 7.75. The lowest BCUT2D eigenvalue weighted by Gasteiger charge is -2.42. The molecule has 1 amide bonds. The Morgan fingerprint density at radius 1 is 1.50 bits per heavy atom. The zero-order valence-corrected chi connectivity index (χ0v) is 17.2. The van der Waals surface area contributed by atoms with Crippen LogP contribution in [0.2, 0.25) is 0 Å². The smallest absolute Gasteiger partial charge is 0.270 e. The van der Waals surface area contributed by atoms with Crippen molar-refractivity contribution in [3.8, 4) is 5.88 Å². The number of pyridine rings is 1. The van der Waals surface area contributed by atoms with Crippen molar-refractivity contribution in [2.75, 3.05) is 71.4 Å². The summed E-state index contributed by atoms with van der Waals surface area (Å²) in [5.74, 6) is -0.174. The lowest BCUT2D eigenvalue weighted by molar-refractivity contribution is -0.164. The van der Waals surface area contributed by atoms with E-state index in [1.807, 2.05) is 4.90 Å². The number of methoxy groups -OCH3 is 1. The zero-order chi connectivity index (χ0) is 23.4. The first-order valence-corrected chi connectivity index (χ1v) is 9.82. The number of aliphatic hydroxyl groups is 1. The van der Waals surface area contributed by atoms with Crippen LogP contribution in [-0.2, 0) is 14.2 Å². The number of hydrogen-bond acceptors (Lipinski definition) is 8. The van der Waals surface area contributed by atoms with Crippen molar-refractivity contribution >= 4 is 11.6 Å². The van der Waals surface area contributed by atoms with E-state index in [0.29, 0.717) is 32.0 Å². The monoisotopic (exact) mass is 429 g/mol. The molecule has 0 unspecified atom stereocenters. The van der Waals surface area contributed by atoms with Gasteiger partial charge in [0.25, 0.3) is 5.91 Å². The number of halogens is 1. The van der Waals surface area contributed by atoms with E-state index < -0.39 is 30.6 Å². The third kappa shape index (κ3) is 5.37. The van der Waals surface area contributed by atoms with E-state index in [1.54, 1.807) is 26.2 Å². The third-order valence-corrected chi connectivity index (χ3v) is 5.14. The Morgan fingerprint density at radius 3 is 2.87 bits per heavy atom. The molecule has 2 saturated heterocycles. The quantitative estimate of drug-likeness (QED) is 0.493. The number of nitrogens with zero attached hydrogens (tertiary/aromatic N) is 2. The maximum atomic E-state index is 13.1. The SMILES string of the molecule is [2H]C([2H])(F)COCC1(COc2nc(C(=O)N[C@@H](C)CO)ccc2N2CC(OC)C2)COC1. The summed E-state index contributed by atoms with van der Waals surface area (Å²) in [6, 6.07) is 2.93. The van der Waals surface area contributed by atoms with E-state index in [9.17, 15) is 9.18 Å². The summed E-state index contributed by atoms with van der Waals surface area (Å²) in [4.78, 5) is 18.9. The number of amides is 1. The highest BCUT2D eigenvalue weighted by atomic mass is 19.1. The molecule has 3 heterocycles. The second kappa shape index (κ2) is 10.3. The molecule has 30 heavy (non-hydrogen) atoms. The van der Waals surface area contributed by atoms with E-state index in [4.69, 9.17) is 26.8 Å². The Morgan fingerprint density at radius 2 is 2.27 bits per heavy atom. The molecule has 168 valence electrons. The first-order valence-electron chi connectivity index (χ1n) is 10.8. The van der Waals surface area contributed by atoms with Crippen LogP contribution in [0.15, 0.2) is 12.1 Å². The van der Waals surface area contributed by atoms with Gasteiger partial charge in [-0.2, -0.15) is 0 Å². The zero-order valence-electron chi connectivity index (χ0n) is 19.2. The second-order valence-corrected chi connectivity index (χ2v) is 7.75. The highest BCUT2D eigenvalue weighted by Gasteiger charge is 2.41. The summed E-state index contributed by atoms with van der Waals surface area (Å²) < 4.78 is 48.8. The van der Waals surface area contributed by atoms with E-state index >= 15 is 0 Å². The van der Waals surface area contributed by atoms with Crippen LogP contribution in [0.25, 0.3) is 0 Å². The number of carbonyl (C=O) groups is 1. The molecule has 0 aliphatic carbocycles. The number of alkyl halides is 1. The van der Waals surface area contributed by atoms with Crippen LogP contribution in [0.1, 0.15) is 20.2 Å². The first-order chi connectivity index (χ1) is 15.1. The topological polar surface area (TPSA) is 102 Å². The van der Waals surface area contributed by atoms with Gasteiger partial charge < -0.3 is 34.3 Å². The molecule has 9 nitrogen and oxygen atoms in total. The van der Waals surface area contributed by atoms with Gasteiger partial charge in [-0.25, -0.2) is 9.37 Å². The Kier molecular flexibility index (Phi) is 6.87. The van der Waals surface area contributed by atoms with Crippen molar-refractivity contribution in [2.45, 2.75) is 19.1 Å². The van der Waals surface area contributed by atoms with Gasteiger partial charge in [-0.3, -0.25) is 4.79 Å². The first kappa shape index (κ1) is 19.9. The van der Waals surface area contributed by atoms with Gasteiger partial charge in [0.1, 0.15) is 24.6 Å². The number of aromatic nitrogens is 1.